The number of benzene rings is 3. The van der Waals surface area contributed by atoms with Gasteiger partial charge in [-0.05, 0) is 35.9 Å². The van der Waals surface area contributed by atoms with Gasteiger partial charge in [-0.25, -0.2) is 0 Å². The number of fused-ring (bicyclic) bond motifs is 3. The van der Waals surface area contributed by atoms with E-state index in [1.165, 1.54) is 0 Å². The van der Waals surface area contributed by atoms with Crippen LogP contribution in [-0.2, 0) is 11.3 Å². The van der Waals surface area contributed by atoms with Gasteiger partial charge in [0.2, 0.25) is 5.91 Å². The Balaban J connectivity index is 1.60. The molecular weight excluding hydrogens is 386 g/mol. The maximum atomic E-state index is 11.9. The summed E-state index contributed by atoms with van der Waals surface area (Å²) in [5.74, 6) is 2.10. The molecule has 0 saturated heterocycles. The number of rotatable bonds is 1. The van der Waals surface area contributed by atoms with Crippen molar-refractivity contribution in [2.45, 2.75) is 23.3 Å². The minimum absolute atomic E-state index is 0.0141. The van der Waals surface area contributed by atoms with Gasteiger partial charge in [0.25, 0.3) is 0 Å². The second kappa shape index (κ2) is 7.04. The maximum absolute atomic E-state index is 11.9. The van der Waals surface area contributed by atoms with Crippen molar-refractivity contribution >= 4 is 17.7 Å². The summed E-state index contributed by atoms with van der Waals surface area (Å²) < 4.78 is 12.0. The lowest BCUT2D eigenvalue weighted by molar-refractivity contribution is -0.129. The summed E-state index contributed by atoms with van der Waals surface area (Å²) in [5.41, 5.74) is 2.50. The van der Waals surface area contributed by atoms with E-state index in [0.29, 0.717) is 25.4 Å². The number of hydrogen-bond donors (Lipinski definition) is 1. The first-order valence-corrected chi connectivity index (χ1v) is 10.2. The van der Waals surface area contributed by atoms with Crippen molar-refractivity contribution in [2.24, 2.45) is 0 Å². The fraction of sp³-hybridized carbons (Fsp3) is 0.174. The highest BCUT2D eigenvalue weighted by atomic mass is 32.2. The molecular formula is C23H19NO4S. The van der Waals surface area contributed by atoms with Crippen LogP contribution >= 0.6 is 11.8 Å². The van der Waals surface area contributed by atoms with E-state index in [0.717, 1.165) is 38.0 Å². The molecule has 1 N–H and O–H groups in total. The van der Waals surface area contributed by atoms with Gasteiger partial charge in [0.15, 0.2) is 11.5 Å². The number of amides is 1. The number of phenolic OH excluding ortho intramolecular Hbond substituents is 1. The van der Waals surface area contributed by atoms with E-state index >= 15 is 0 Å². The zero-order valence-electron chi connectivity index (χ0n) is 15.8. The molecule has 29 heavy (non-hydrogen) atoms. The molecule has 0 atom stereocenters. The Labute approximate surface area is 172 Å². The first kappa shape index (κ1) is 17.9. The van der Waals surface area contributed by atoms with Gasteiger partial charge in [0.05, 0.1) is 16.3 Å². The first-order chi connectivity index (χ1) is 14.1. The number of nitrogens with zero attached hydrogens (tertiary/aromatic N) is 1. The van der Waals surface area contributed by atoms with Crippen LogP contribution in [0, 0.1) is 0 Å². The van der Waals surface area contributed by atoms with E-state index in [4.69, 9.17) is 9.47 Å². The van der Waals surface area contributed by atoms with Crippen molar-refractivity contribution in [1.29, 1.82) is 0 Å². The highest BCUT2D eigenvalue weighted by molar-refractivity contribution is 7.99. The molecule has 5 nitrogen and oxygen atoms in total. The number of para-hydroxylation sites is 2. The molecule has 1 amide bonds. The molecule has 0 aliphatic carbocycles. The van der Waals surface area contributed by atoms with Crippen molar-refractivity contribution < 1.29 is 19.4 Å². The van der Waals surface area contributed by atoms with E-state index in [9.17, 15) is 9.90 Å². The lowest BCUT2D eigenvalue weighted by atomic mass is 10.00. The Morgan fingerprint density at radius 1 is 1.07 bits per heavy atom. The fourth-order valence-electron chi connectivity index (χ4n) is 3.70. The summed E-state index contributed by atoms with van der Waals surface area (Å²) in [4.78, 5) is 15.7. The average Bonchev–Trinajstić information content (AvgIpc) is 2.95. The van der Waals surface area contributed by atoms with Crippen LogP contribution in [0.1, 0.15) is 12.5 Å². The molecule has 5 rings (SSSR count). The molecule has 6 heteroatoms. The predicted octanol–water partition coefficient (Wildman–Crippen LogP) is 5.06. The summed E-state index contributed by atoms with van der Waals surface area (Å²) >= 11 is 1.67. The lowest BCUT2D eigenvalue weighted by Gasteiger charge is -2.22. The lowest BCUT2D eigenvalue weighted by Crippen LogP contribution is -2.30. The zero-order chi connectivity index (χ0) is 20.0. The normalized spacial score (nSPS) is 14.6. The topological polar surface area (TPSA) is 59.0 Å². The molecule has 146 valence electrons. The maximum Gasteiger partial charge on any atom is 0.219 e. The second-order valence-electron chi connectivity index (χ2n) is 7.06. The third-order valence-electron chi connectivity index (χ3n) is 5.13. The Morgan fingerprint density at radius 3 is 2.76 bits per heavy atom. The van der Waals surface area contributed by atoms with E-state index in [-0.39, 0.29) is 11.7 Å². The molecule has 3 aromatic carbocycles. The van der Waals surface area contributed by atoms with Crippen molar-refractivity contribution in [3.05, 3.63) is 60.2 Å². The summed E-state index contributed by atoms with van der Waals surface area (Å²) in [6.07, 6.45) is 0. The molecule has 0 unspecified atom stereocenters. The number of carbonyl (C=O) groups is 1. The van der Waals surface area contributed by atoms with Gasteiger partial charge in [0.1, 0.15) is 18.1 Å². The molecule has 0 fully saturated rings. The third-order valence-corrected chi connectivity index (χ3v) is 6.23. The summed E-state index contributed by atoms with van der Waals surface area (Å²) in [6, 6.07) is 17.6. The van der Waals surface area contributed by atoms with Gasteiger partial charge >= 0.3 is 0 Å². The van der Waals surface area contributed by atoms with Gasteiger partial charge in [-0.3, -0.25) is 4.79 Å². The van der Waals surface area contributed by atoms with Crippen LogP contribution in [0.5, 0.6) is 23.0 Å². The van der Waals surface area contributed by atoms with E-state index in [2.05, 4.69) is 0 Å². The van der Waals surface area contributed by atoms with Gasteiger partial charge < -0.3 is 19.5 Å². The zero-order valence-corrected chi connectivity index (χ0v) is 16.7. The van der Waals surface area contributed by atoms with Crippen LogP contribution in [0.2, 0.25) is 0 Å². The monoisotopic (exact) mass is 405 g/mol. The minimum atomic E-state index is -0.0141. The number of ether oxygens (including phenoxy) is 2. The van der Waals surface area contributed by atoms with Crippen molar-refractivity contribution in [1.82, 2.24) is 4.90 Å². The predicted molar refractivity (Wildman–Crippen MR) is 111 cm³/mol. The Morgan fingerprint density at radius 2 is 1.90 bits per heavy atom. The fourth-order valence-corrected chi connectivity index (χ4v) is 4.68. The van der Waals surface area contributed by atoms with Gasteiger partial charge in [-0.2, -0.15) is 0 Å². The molecule has 0 spiro atoms. The first-order valence-electron chi connectivity index (χ1n) is 9.42. The highest BCUT2D eigenvalue weighted by Crippen LogP contribution is 2.51. The standard InChI is InChI=1S/C23H19NO4S/c1-14(25)24-9-10-27-22-16(13-24)11-15(12-18(22)26)17-5-4-8-21-23(17)28-19-6-2-3-7-20(19)29-21/h2-8,11-12,26H,9-10,13H2,1H3. The van der Waals surface area contributed by atoms with E-state index in [1.807, 2.05) is 48.5 Å². The molecule has 0 radical (unpaired) electrons. The summed E-state index contributed by atoms with van der Waals surface area (Å²) in [5, 5.41) is 10.6. The molecule has 2 heterocycles. The number of hydrogen-bond acceptors (Lipinski definition) is 5. The van der Waals surface area contributed by atoms with Gasteiger partial charge in [-0.1, -0.05) is 36.0 Å². The summed E-state index contributed by atoms with van der Waals surface area (Å²) in [6.45, 7) is 2.80. The van der Waals surface area contributed by atoms with Gasteiger partial charge in [0, 0.05) is 24.6 Å². The van der Waals surface area contributed by atoms with E-state index < -0.39 is 0 Å². The SMILES string of the molecule is CC(=O)N1CCOc2c(O)cc(-c3cccc4c3Oc3ccccc3S4)cc2C1. The van der Waals surface area contributed by atoms with Crippen LogP contribution in [0.15, 0.2) is 64.4 Å². The van der Waals surface area contributed by atoms with Crippen molar-refractivity contribution in [3.63, 3.8) is 0 Å². The molecule has 3 aromatic rings. The Bertz CT molecular complexity index is 1130. The van der Waals surface area contributed by atoms with Crippen LogP contribution in [-0.4, -0.2) is 29.1 Å². The van der Waals surface area contributed by atoms with E-state index in [1.54, 1.807) is 29.7 Å². The smallest absolute Gasteiger partial charge is 0.219 e. The molecule has 0 aromatic heterocycles. The van der Waals surface area contributed by atoms with Crippen LogP contribution in [0.4, 0.5) is 0 Å². The van der Waals surface area contributed by atoms with Gasteiger partial charge in [-0.15, -0.1) is 0 Å². The summed E-state index contributed by atoms with van der Waals surface area (Å²) in [7, 11) is 0. The average molecular weight is 405 g/mol. The highest BCUT2D eigenvalue weighted by Gasteiger charge is 2.24. The number of aromatic hydroxyl groups is 1. The van der Waals surface area contributed by atoms with Crippen LogP contribution in [0.3, 0.4) is 0 Å². The quantitative estimate of drug-likeness (QED) is 0.480. The number of phenols is 1. The molecule has 0 bridgehead atoms. The Hall–Kier alpha value is -3.12. The van der Waals surface area contributed by atoms with Crippen LogP contribution in [0.25, 0.3) is 11.1 Å². The molecule has 0 saturated carbocycles. The minimum Gasteiger partial charge on any atom is -0.504 e. The number of carbonyl (C=O) groups excluding carboxylic acids is 1. The largest absolute Gasteiger partial charge is 0.504 e. The molecule has 2 aliphatic heterocycles. The van der Waals surface area contributed by atoms with Crippen molar-refractivity contribution in [2.75, 3.05) is 13.2 Å². The van der Waals surface area contributed by atoms with Crippen molar-refractivity contribution in [3.8, 4) is 34.1 Å². The molecule has 2 aliphatic rings. The Kier molecular flexibility index (Phi) is 4.36. The second-order valence-corrected chi connectivity index (χ2v) is 8.14. The van der Waals surface area contributed by atoms with Crippen LogP contribution < -0.4 is 9.47 Å². The third kappa shape index (κ3) is 3.19.